The van der Waals surface area contributed by atoms with Crippen LogP contribution in [0.2, 0.25) is 0 Å². The number of piperidine rings is 1. The maximum Gasteiger partial charge on any atom is 0.224 e. The lowest BCUT2D eigenvalue weighted by Gasteiger charge is -2.57. The van der Waals surface area contributed by atoms with Crippen molar-refractivity contribution in [3.8, 4) is 0 Å². The van der Waals surface area contributed by atoms with Crippen LogP contribution < -0.4 is 11.1 Å². The number of nitrogens with one attached hydrogen (secondary N) is 1. The number of nitrogens with two attached hydrogens (primary N) is 1. The van der Waals surface area contributed by atoms with Crippen LogP contribution in [-0.4, -0.2) is 42.9 Å². The number of carbonyl (C=O) groups excluding carboxylic acids is 2. The average molecular weight is 348 g/mol. The highest BCUT2D eigenvalue weighted by Gasteiger charge is 2.51. The first-order chi connectivity index (χ1) is 12.1. The molecule has 2 amide bonds. The van der Waals surface area contributed by atoms with Gasteiger partial charge >= 0.3 is 0 Å². The van der Waals surface area contributed by atoms with Crippen molar-refractivity contribution in [1.82, 2.24) is 10.2 Å². The summed E-state index contributed by atoms with van der Waals surface area (Å²) in [4.78, 5) is 27.3. The van der Waals surface area contributed by atoms with Gasteiger partial charge in [0.25, 0.3) is 0 Å². The fraction of sp³-hybridized carbons (Fsp3) is 0.900. The highest BCUT2D eigenvalue weighted by molar-refractivity contribution is 5.81. The summed E-state index contributed by atoms with van der Waals surface area (Å²) in [7, 11) is 0. The van der Waals surface area contributed by atoms with Gasteiger partial charge in [-0.25, -0.2) is 0 Å². The SMILES string of the molecule is NCCNC(=O)C1CCCN(C(=O)CC23CC4CC(CC(C4)C2)C3)C1. The Balaban J connectivity index is 1.35. The summed E-state index contributed by atoms with van der Waals surface area (Å²) in [5.41, 5.74) is 5.76. The van der Waals surface area contributed by atoms with E-state index in [-0.39, 0.29) is 11.8 Å². The maximum atomic E-state index is 13.0. The van der Waals surface area contributed by atoms with E-state index in [2.05, 4.69) is 5.32 Å². The highest BCUT2D eigenvalue weighted by Crippen LogP contribution is 2.61. The second-order valence-corrected chi connectivity index (χ2v) is 9.35. The Morgan fingerprint density at radius 3 is 2.32 bits per heavy atom. The Hall–Kier alpha value is -1.10. The molecular weight excluding hydrogens is 314 g/mol. The lowest BCUT2D eigenvalue weighted by Crippen LogP contribution is -2.50. The molecule has 5 rings (SSSR count). The number of carbonyl (C=O) groups is 2. The first kappa shape index (κ1) is 17.3. The summed E-state index contributed by atoms with van der Waals surface area (Å²) < 4.78 is 0. The molecule has 4 bridgehead atoms. The predicted octanol–water partition coefficient (Wildman–Crippen LogP) is 1.91. The molecule has 5 nitrogen and oxygen atoms in total. The third-order valence-corrected chi connectivity index (χ3v) is 7.28. The standard InChI is InChI=1S/C20H33N3O2/c21-3-4-22-19(25)17-2-1-5-23(13-17)18(24)12-20-9-14-6-15(10-20)8-16(7-14)11-20/h14-17H,1-13,21H2,(H,22,25). The van der Waals surface area contributed by atoms with Crippen molar-refractivity contribution < 1.29 is 9.59 Å². The normalized spacial score (nSPS) is 39.5. The second kappa shape index (κ2) is 6.90. The largest absolute Gasteiger partial charge is 0.355 e. The lowest BCUT2D eigenvalue weighted by atomic mass is 9.49. The van der Waals surface area contributed by atoms with Gasteiger partial charge in [0.2, 0.25) is 11.8 Å². The van der Waals surface area contributed by atoms with Gasteiger partial charge in [-0.15, -0.1) is 0 Å². The van der Waals surface area contributed by atoms with Gasteiger partial charge in [0.15, 0.2) is 0 Å². The molecule has 3 N–H and O–H groups in total. The molecule has 0 aromatic heterocycles. The Kier molecular flexibility index (Phi) is 4.78. The fourth-order valence-electron chi connectivity index (χ4n) is 6.70. The minimum atomic E-state index is -0.0550. The molecule has 25 heavy (non-hydrogen) atoms. The maximum absolute atomic E-state index is 13.0. The van der Waals surface area contributed by atoms with Crippen molar-refractivity contribution in [3.63, 3.8) is 0 Å². The number of likely N-dealkylation sites (tertiary alicyclic amines) is 1. The van der Waals surface area contributed by atoms with E-state index in [0.717, 1.165) is 43.6 Å². The van der Waals surface area contributed by atoms with E-state index in [9.17, 15) is 9.59 Å². The van der Waals surface area contributed by atoms with Gasteiger partial charge in [-0.2, -0.15) is 0 Å². The highest BCUT2D eigenvalue weighted by atomic mass is 16.2. The van der Waals surface area contributed by atoms with Crippen LogP contribution in [0.25, 0.3) is 0 Å². The fourth-order valence-corrected chi connectivity index (χ4v) is 6.70. The van der Waals surface area contributed by atoms with E-state index < -0.39 is 0 Å². The van der Waals surface area contributed by atoms with Crippen LogP contribution >= 0.6 is 0 Å². The van der Waals surface area contributed by atoms with Crippen molar-refractivity contribution in [1.29, 1.82) is 0 Å². The molecule has 5 heteroatoms. The smallest absolute Gasteiger partial charge is 0.224 e. The van der Waals surface area contributed by atoms with E-state index >= 15 is 0 Å². The van der Waals surface area contributed by atoms with Gasteiger partial charge in [-0.1, -0.05) is 0 Å². The summed E-state index contributed by atoms with van der Waals surface area (Å²) in [6.07, 6.45) is 10.6. The molecule has 5 aliphatic rings. The molecule has 140 valence electrons. The third-order valence-electron chi connectivity index (χ3n) is 7.28. The van der Waals surface area contributed by atoms with Gasteiger partial charge in [-0.3, -0.25) is 9.59 Å². The minimum Gasteiger partial charge on any atom is -0.355 e. The zero-order chi connectivity index (χ0) is 17.4. The molecule has 0 aromatic carbocycles. The zero-order valence-electron chi connectivity index (χ0n) is 15.3. The Morgan fingerprint density at radius 2 is 1.72 bits per heavy atom. The third kappa shape index (κ3) is 3.57. The first-order valence-corrected chi connectivity index (χ1v) is 10.3. The number of hydrogen-bond donors (Lipinski definition) is 2. The number of nitrogens with zero attached hydrogens (tertiary/aromatic N) is 1. The Morgan fingerprint density at radius 1 is 1.08 bits per heavy atom. The predicted molar refractivity (Wildman–Crippen MR) is 96.6 cm³/mol. The monoisotopic (exact) mass is 347 g/mol. The molecule has 1 unspecified atom stereocenters. The molecule has 1 heterocycles. The molecule has 4 aliphatic carbocycles. The lowest BCUT2D eigenvalue weighted by molar-refractivity contribution is -0.142. The summed E-state index contributed by atoms with van der Waals surface area (Å²) in [5, 5.41) is 2.89. The topological polar surface area (TPSA) is 75.4 Å². The second-order valence-electron chi connectivity index (χ2n) is 9.35. The minimum absolute atomic E-state index is 0.0550. The van der Waals surface area contributed by atoms with E-state index in [1.807, 2.05) is 4.90 Å². The molecule has 0 spiro atoms. The van der Waals surface area contributed by atoms with Crippen molar-refractivity contribution in [2.45, 2.75) is 57.8 Å². The van der Waals surface area contributed by atoms with Crippen LogP contribution in [0.3, 0.4) is 0 Å². The van der Waals surface area contributed by atoms with Crippen LogP contribution in [0, 0.1) is 29.1 Å². The van der Waals surface area contributed by atoms with Gasteiger partial charge < -0.3 is 16.0 Å². The number of hydrogen-bond acceptors (Lipinski definition) is 3. The average Bonchev–Trinajstić information content (AvgIpc) is 2.58. The summed E-state index contributed by atoms with van der Waals surface area (Å²) in [6, 6.07) is 0. The van der Waals surface area contributed by atoms with Gasteiger partial charge in [0, 0.05) is 32.6 Å². The van der Waals surface area contributed by atoms with Crippen LogP contribution in [0.4, 0.5) is 0 Å². The van der Waals surface area contributed by atoms with Gasteiger partial charge in [0.1, 0.15) is 0 Å². The Labute approximate surface area is 151 Å². The van der Waals surface area contributed by atoms with Crippen LogP contribution in [-0.2, 0) is 9.59 Å². The van der Waals surface area contributed by atoms with Crippen LogP contribution in [0.1, 0.15) is 57.8 Å². The summed E-state index contributed by atoms with van der Waals surface area (Å²) in [5.74, 6) is 2.97. The van der Waals surface area contributed by atoms with E-state index in [1.165, 1.54) is 38.5 Å². The first-order valence-electron chi connectivity index (χ1n) is 10.3. The van der Waals surface area contributed by atoms with Crippen LogP contribution in [0.5, 0.6) is 0 Å². The van der Waals surface area contributed by atoms with E-state index in [1.54, 1.807) is 0 Å². The van der Waals surface area contributed by atoms with Gasteiger partial charge in [-0.05, 0) is 74.5 Å². The molecule has 1 saturated heterocycles. The van der Waals surface area contributed by atoms with Gasteiger partial charge in [0.05, 0.1) is 5.92 Å². The molecule has 1 atom stereocenters. The molecule has 0 aromatic rings. The summed E-state index contributed by atoms with van der Waals surface area (Å²) in [6.45, 7) is 2.41. The summed E-state index contributed by atoms with van der Waals surface area (Å²) >= 11 is 0. The van der Waals surface area contributed by atoms with Crippen molar-refractivity contribution in [2.75, 3.05) is 26.2 Å². The van der Waals surface area contributed by atoms with Crippen LogP contribution in [0.15, 0.2) is 0 Å². The van der Waals surface area contributed by atoms with E-state index in [4.69, 9.17) is 5.73 Å². The van der Waals surface area contributed by atoms with E-state index in [0.29, 0.717) is 31.0 Å². The molecule has 4 saturated carbocycles. The molecule has 0 radical (unpaired) electrons. The number of amides is 2. The zero-order valence-corrected chi connectivity index (χ0v) is 15.3. The van der Waals surface area contributed by atoms with Crippen molar-refractivity contribution in [2.24, 2.45) is 34.8 Å². The van der Waals surface area contributed by atoms with Crippen molar-refractivity contribution in [3.05, 3.63) is 0 Å². The molecular formula is C20H33N3O2. The number of rotatable bonds is 5. The molecule has 1 aliphatic heterocycles. The quantitative estimate of drug-likeness (QED) is 0.798. The molecule has 5 fully saturated rings. The Bertz CT molecular complexity index is 498. The van der Waals surface area contributed by atoms with Crippen molar-refractivity contribution >= 4 is 11.8 Å².